The first-order valence-electron chi connectivity index (χ1n) is 9.28. The van der Waals surface area contributed by atoms with Gasteiger partial charge in [0, 0.05) is 6.08 Å². The van der Waals surface area contributed by atoms with Crippen molar-refractivity contribution < 1.29 is 14.0 Å². The second kappa shape index (κ2) is 10.2. The quantitative estimate of drug-likeness (QED) is 0.335. The van der Waals surface area contributed by atoms with Crippen LogP contribution < -0.4 is 16.2 Å². The summed E-state index contributed by atoms with van der Waals surface area (Å²) in [6.07, 6.45) is 2.83. The molecule has 1 heterocycles. The van der Waals surface area contributed by atoms with Crippen LogP contribution in [0.4, 0.5) is 0 Å². The second-order valence-electron chi connectivity index (χ2n) is 6.47. The van der Waals surface area contributed by atoms with Crippen LogP contribution in [-0.2, 0) is 9.59 Å². The summed E-state index contributed by atoms with van der Waals surface area (Å²) in [5, 5.41) is 2.45. The van der Waals surface area contributed by atoms with Gasteiger partial charge in [-0.05, 0) is 48.5 Å². The predicted octanol–water partition coefficient (Wildman–Crippen LogP) is 3.46. The lowest BCUT2D eigenvalue weighted by Gasteiger charge is -2.18. The van der Waals surface area contributed by atoms with Gasteiger partial charge in [-0.25, -0.2) is 0 Å². The van der Waals surface area contributed by atoms with Crippen molar-refractivity contribution in [1.82, 2.24) is 16.2 Å². The number of hydrogen-bond acceptors (Lipinski definition) is 4. The molecule has 0 radical (unpaired) electrons. The Morgan fingerprint density at radius 2 is 1.50 bits per heavy atom. The molecule has 0 fully saturated rings. The highest BCUT2D eigenvalue weighted by Gasteiger charge is 2.22. The Hall–Kier alpha value is -3.71. The summed E-state index contributed by atoms with van der Waals surface area (Å²) in [6, 6.07) is 22.4. The molecule has 0 unspecified atom stereocenters. The summed E-state index contributed by atoms with van der Waals surface area (Å²) < 4.78 is 5.36. The summed E-state index contributed by atoms with van der Waals surface area (Å²) >= 11 is 5.09. The van der Waals surface area contributed by atoms with Crippen LogP contribution in [0.2, 0.25) is 0 Å². The van der Waals surface area contributed by atoms with Gasteiger partial charge in [-0.2, -0.15) is 0 Å². The van der Waals surface area contributed by atoms with E-state index in [2.05, 4.69) is 16.2 Å². The number of hydrogen-bond donors (Lipinski definition) is 3. The van der Waals surface area contributed by atoms with Crippen molar-refractivity contribution in [3.05, 3.63) is 102 Å². The van der Waals surface area contributed by atoms with Gasteiger partial charge < -0.3 is 4.42 Å². The minimum atomic E-state index is -0.527. The molecule has 0 aliphatic carbocycles. The van der Waals surface area contributed by atoms with Crippen LogP contribution in [-0.4, -0.2) is 16.9 Å². The molecule has 0 aliphatic heterocycles. The summed E-state index contributed by atoms with van der Waals surface area (Å²) in [4.78, 5) is 24.9. The molecule has 0 aliphatic rings. The van der Waals surface area contributed by atoms with Crippen LogP contribution in [0.25, 0.3) is 6.08 Å². The van der Waals surface area contributed by atoms with E-state index in [4.69, 9.17) is 16.6 Å². The third-order valence-corrected chi connectivity index (χ3v) is 4.43. The zero-order valence-electron chi connectivity index (χ0n) is 16.3. The van der Waals surface area contributed by atoms with E-state index in [1.54, 1.807) is 12.1 Å². The Balaban J connectivity index is 1.59. The number of carbonyl (C=O) groups excluding carboxylic acids is 2. The van der Waals surface area contributed by atoms with Gasteiger partial charge in [0.15, 0.2) is 5.11 Å². The maximum atomic E-state index is 12.9. The topological polar surface area (TPSA) is 83.4 Å². The van der Waals surface area contributed by atoms with E-state index in [0.29, 0.717) is 5.76 Å². The molecule has 0 saturated carbocycles. The summed E-state index contributed by atoms with van der Waals surface area (Å²) in [5.74, 6) is 0.0364. The van der Waals surface area contributed by atoms with E-state index in [1.165, 1.54) is 12.2 Å². The highest BCUT2D eigenvalue weighted by Crippen LogP contribution is 2.24. The Kier molecular flexibility index (Phi) is 7.13. The molecule has 0 spiro atoms. The molecule has 3 N–H and O–H groups in total. The Labute approximate surface area is 180 Å². The molecule has 3 aromatic rings. The number of hydrazine groups is 1. The maximum Gasteiger partial charge on any atom is 0.250 e. The molecular weight excluding hydrogens is 398 g/mol. The highest BCUT2D eigenvalue weighted by molar-refractivity contribution is 7.80. The first-order valence-corrected chi connectivity index (χ1v) is 9.69. The first kappa shape index (κ1) is 21.0. The van der Waals surface area contributed by atoms with E-state index in [1.807, 2.05) is 67.6 Å². The Morgan fingerprint density at radius 3 is 2.03 bits per heavy atom. The van der Waals surface area contributed by atoms with Gasteiger partial charge in [0.2, 0.25) is 11.8 Å². The number of carbonyl (C=O) groups is 2. The largest absolute Gasteiger partial charge is 0.462 e. The monoisotopic (exact) mass is 419 g/mol. The number of nitrogens with one attached hydrogen (secondary N) is 3. The van der Waals surface area contributed by atoms with Crippen molar-refractivity contribution in [2.45, 2.75) is 12.8 Å². The van der Waals surface area contributed by atoms with Gasteiger partial charge in [-0.15, -0.1) is 0 Å². The predicted molar refractivity (Wildman–Crippen MR) is 119 cm³/mol. The number of benzene rings is 2. The zero-order chi connectivity index (χ0) is 21.3. The molecule has 0 saturated heterocycles. The lowest BCUT2D eigenvalue weighted by Crippen LogP contribution is -2.49. The van der Waals surface area contributed by atoms with Crippen LogP contribution in [0.15, 0.2) is 83.3 Å². The summed E-state index contributed by atoms with van der Waals surface area (Å²) in [6.45, 7) is 1.82. The van der Waals surface area contributed by atoms with Crippen molar-refractivity contribution in [2.75, 3.05) is 0 Å². The fourth-order valence-corrected chi connectivity index (χ4v) is 3.01. The molecule has 1 aromatic heterocycles. The highest BCUT2D eigenvalue weighted by atomic mass is 32.1. The van der Waals surface area contributed by atoms with Gasteiger partial charge in [-0.3, -0.25) is 25.8 Å². The standard InChI is InChI=1S/C23H21N3O3S/c1-16-12-13-19(29-16)14-15-20(27)24-23(30)26-25-22(28)21(17-8-4-2-5-9-17)18-10-6-3-7-11-18/h2-15,21H,1H3,(H,25,28)(H2,24,26,27,30)/b15-14+. The van der Waals surface area contributed by atoms with Gasteiger partial charge in [0.1, 0.15) is 11.5 Å². The van der Waals surface area contributed by atoms with Crippen LogP contribution >= 0.6 is 12.2 Å². The van der Waals surface area contributed by atoms with E-state index in [9.17, 15) is 9.59 Å². The van der Waals surface area contributed by atoms with Crippen molar-refractivity contribution in [3.8, 4) is 0 Å². The normalized spacial score (nSPS) is 10.7. The van der Waals surface area contributed by atoms with Crippen LogP contribution in [0, 0.1) is 6.92 Å². The SMILES string of the molecule is Cc1ccc(/C=C/C(=O)NC(=S)NNC(=O)C(c2ccccc2)c2ccccc2)o1. The molecule has 2 amide bonds. The fourth-order valence-electron chi connectivity index (χ4n) is 2.86. The van der Waals surface area contributed by atoms with Crippen LogP contribution in [0.3, 0.4) is 0 Å². The Morgan fingerprint density at radius 1 is 0.900 bits per heavy atom. The van der Waals surface area contributed by atoms with Gasteiger partial charge in [0.25, 0.3) is 0 Å². The molecule has 152 valence electrons. The van der Waals surface area contributed by atoms with Crippen molar-refractivity contribution >= 4 is 35.2 Å². The molecule has 6 nitrogen and oxygen atoms in total. The first-order chi connectivity index (χ1) is 14.5. The number of rotatable bonds is 5. The lowest BCUT2D eigenvalue weighted by atomic mass is 9.91. The van der Waals surface area contributed by atoms with Crippen molar-refractivity contribution in [1.29, 1.82) is 0 Å². The van der Waals surface area contributed by atoms with Gasteiger partial charge in [0.05, 0.1) is 5.92 Å². The van der Waals surface area contributed by atoms with E-state index in [-0.39, 0.29) is 11.0 Å². The van der Waals surface area contributed by atoms with Gasteiger partial charge in [-0.1, -0.05) is 60.7 Å². The molecule has 7 heteroatoms. The van der Waals surface area contributed by atoms with E-state index in [0.717, 1.165) is 16.9 Å². The molecule has 30 heavy (non-hydrogen) atoms. The molecule has 2 aromatic carbocycles. The minimum absolute atomic E-state index is 0.0199. The average Bonchev–Trinajstić information content (AvgIpc) is 3.18. The molecule has 0 bridgehead atoms. The summed E-state index contributed by atoms with van der Waals surface area (Å²) in [5.41, 5.74) is 6.84. The third-order valence-electron chi connectivity index (χ3n) is 4.22. The molecule has 3 rings (SSSR count). The lowest BCUT2D eigenvalue weighted by molar-refractivity contribution is -0.122. The number of aryl methyl sites for hydroxylation is 1. The number of thiocarbonyl (C=S) groups is 1. The smallest absolute Gasteiger partial charge is 0.250 e. The van der Waals surface area contributed by atoms with Gasteiger partial charge >= 0.3 is 0 Å². The number of furan rings is 1. The second-order valence-corrected chi connectivity index (χ2v) is 6.88. The summed E-state index contributed by atoms with van der Waals surface area (Å²) in [7, 11) is 0. The fraction of sp³-hybridized carbons (Fsp3) is 0.0870. The van der Waals surface area contributed by atoms with Crippen LogP contribution in [0.1, 0.15) is 28.6 Å². The minimum Gasteiger partial charge on any atom is -0.462 e. The van der Waals surface area contributed by atoms with E-state index < -0.39 is 11.8 Å². The molecular formula is C23H21N3O3S. The third kappa shape index (κ3) is 5.89. The van der Waals surface area contributed by atoms with Crippen LogP contribution in [0.5, 0.6) is 0 Å². The van der Waals surface area contributed by atoms with Crippen molar-refractivity contribution in [3.63, 3.8) is 0 Å². The maximum absolute atomic E-state index is 12.9. The number of amides is 2. The van der Waals surface area contributed by atoms with Crippen molar-refractivity contribution in [2.24, 2.45) is 0 Å². The zero-order valence-corrected chi connectivity index (χ0v) is 17.1. The Bertz CT molecular complexity index is 1010. The van der Waals surface area contributed by atoms with E-state index >= 15 is 0 Å². The molecule has 0 atom stereocenters. The average molecular weight is 420 g/mol.